The van der Waals surface area contributed by atoms with E-state index in [9.17, 15) is 14.4 Å². The van der Waals surface area contributed by atoms with Gasteiger partial charge < -0.3 is 25.2 Å². The third-order valence-electron chi connectivity index (χ3n) is 5.46. The number of amides is 1. The van der Waals surface area contributed by atoms with Gasteiger partial charge in [-0.15, -0.1) is 0 Å². The minimum atomic E-state index is -1.39. The molecule has 2 fully saturated rings. The molecule has 0 unspecified atom stereocenters. The highest BCUT2D eigenvalue weighted by Crippen LogP contribution is 2.22. The summed E-state index contributed by atoms with van der Waals surface area (Å²) in [5, 5.41) is 15.0. The summed E-state index contributed by atoms with van der Waals surface area (Å²) < 4.78 is 9.94. The van der Waals surface area contributed by atoms with E-state index in [1.54, 1.807) is 41.5 Å². The number of aliphatic carboxylic acids is 1. The maximum atomic E-state index is 11.6. The van der Waals surface area contributed by atoms with Crippen LogP contribution in [0.4, 0.5) is 4.79 Å². The highest BCUT2D eigenvalue weighted by Gasteiger charge is 2.28. The van der Waals surface area contributed by atoms with Gasteiger partial charge in [0.15, 0.2) is 0 Å². The molecule has 1 amide bonds. The number of carbonyl (C=O) groups is 3. The smallest absolute Gasteiger partial charge is 0.408 e. The van der Waals surface area contributed by atoms with Crippen molar-refractivity contribution in [3.05, 3.63) is 0 Å². The van der Waals surface area contributed by atoms with Crippen LogP contribution in [0.1, 0.15) is 112 Å². The Bertz CT molecular complexity index is 565. The van der Waals surface area contributed by atoms with Gasteiger partial charge in [0.1, 0.15) is 17.2 Å². The van der Waals surface area contributed by atoms with E-state index < -0.39 is 41.7 Å². The van der Waals surface area contributed by atoms with Gasteiger partial charge in [0.2, 0.25) is 0 Å². The predicted octanol–water partition coefficient (Wildman–Crippen LogP) is 4.94. The number of hydrogen-bond donors (Lipinski definition) is 3. The average Bonchev–Trinajstić information content (AvgIpc) is 2.66. The van der Waals surface area contributed by atoms with Crippen molar-refractivity contribution in [1.29, 1.82) is 0 Å². The Kier molecular flexibility index (Phi) is 12.2. The Balaban J connectivity index is 0.000000357. The quantitative estimate of drug-likeness (QED) is 0.471. The van der Waals surface area contributed by atoms with Crippen molar-refractivity contribution in [3.63, 3.8) is 0 Å². The van der Waals surface area contributed by atoms with Gasteiger partial charge in [-0.2, -0.15) is 0 Å². The summed E-state index contributed by atoms with van der Waals surface area (Å²) in [6.07, 6.45) is 13.2. The molecule has 0 aromatic heterocycles. The Morgan fingerprint density at radius 2 is 1.21 bits per heavy atom. The number of hydrogen-bond acceptors (Lipinski definition) is 6. The molecule has 0 spiro atoms. The lowest BCUT2D eigenvalue weighted by atomic mass is 9.91. The summed E-state index contributed by atoms with van der Waals surface area (Å²) in [5.74, 6) is -2.04. The lowest BCUT2D eigenvalue weighted by Crippen LogP contribution is -2.45. The average molecular weight is 471 g/mol. The Labute approximate surface area is 199 Å². The first-order chi connectivity index (χ1) is 15.2. The zero-order valence-electron chi connectivity index (χ0n) is 21.5. The Morgan fingerprint density at radius 1 is 0.788 bits per heavy atom. The molecule has 0 saturated heterocycles. The summed E-state index contributed by atoms with van der Waals surface area (Å²) in [6.45, 7) is 9.95. The molecule has 0 aromatic rings. The van der Waals surface area contributed by atoms with Gasteiger partial charge in [-0.3, -0.25) is 4.79 Å². The van der Waals surface area contributed by atoms with Gasteiger partial charge >= 0.3 is 18.0 Å². The number of rotatable bonds is 6. The lowest BCUT2D eigenvalue weighted by Gasteiger charge is -2.30. The number of ether oxygens (including phenoxy) is 2. The van der Waals surface area contributed by atoms with Crippen LogP contribution in [0.2, 0.25) is 0 Å². The molecule has 8 nitrogen and oxygen atoms in total. The Hall–Kier alpha value is -1.83. The monoisotopic (exact) mass is 470 g/mol. The number of nitrogens with one attached hydrogen (secondary N) is 2. The highest BCUT2D eigenvalue weighted by atomic mass is 16.6. The maximum absolute atomic E-state index is 11.6. The zero-order chi connectivity index (χ0) is 25.1. The van der Waals surface area contributed by atoms with E-state index in [4.69, 9.17) is 14.6 Å². The van der Waals surface area contributed by atoms with E-state index in [-0.39, 0.29) is 0 Å². The van der Waals surface area contributed by atoms with E-state index in [1.165, 1.54) is 64.2 Å². The van der Waals surface area contributed by atoms with Gasteiger partial charge in [-0.25, -0.2) is 9.59 Å². The zero-order valence-corrected chi connectivity index (χ0v) is 21.5. The van der Waals surface area contributed by atoms with Crippen molar-refractivity contribution in [2.45, 2.75) is 141 Å². The van der Waals surface area contributed by atoms with Crippen LogP contribution < -0.4 is 10.6 Å². The molecule has 0 aliphatic heterocycles. The molecule has 0 bridgehead atoms. The van der Waals surface area contributed by atoms with Crippen molar-refractivity contribution in [3.8, 4) is 0 Å². The van der Waals surface area contributed by atoms with E-state index in [2.05, 4.69) is 10.6 Å². The van der Waals surface area contributed by atoms with Crippen LogP contribution in [0, 0.1) is 0 Å². The third-order valence-corrected chi connectivity index (χ3v) is 5.46. The fraction of sp³-hybridized carbons (Fsp3) is 0.880. The second-order valence-corrected chi connectivity index (χ2v) is 11.2. The molecule has 0 radical (unpaired) electrons. The van der Waals surface area contributed by atoms with Crippen LogP contribution in [0.15, 0.2) is 0 Å². The molecule has 2 saturated carbocycles. The van der Waals surface area contributed by atoms with Crippen molar-refractivity contribution < 1.29 is 29.0 Å². The van der Waals surface area contributed by atoms with Gasteiger partial charge in [-0.05, 0) is 67.2 Å². The van der Waals surface area contributed by atoms with E-state index in [1.807, 2.05) is 0 Å². The van der Waals surface area contributed by atoms with Gasteiger partial charge in [-0.1, -0.05) is 38.5 Å². The van der Waals surface area contributed by atoms with Crippen LogP contribution in [0.25, 0.3) is 0 Å². The molecular weight excluding hydrogens is 424 g/mol. The predicted molar refractivity (Wildman–Crippen MR) is 128 cm³/mol. The standard InChI is InChI=1S/C13H23NO6.C12H23N/c1-12(2,3)19-9(15)7-8(10(16)17)14-11(18)20-13(4,5)6;1-3-7-11(8-4-1)13-12-9-5-2-6-10-12/h8H,7H2,1-6H3,(H,14,18)(H,16,17);11-13H,1-10H2/t8-;/m1./s1. The fourth-order valence-electron chi connectivity index (χ4n) is 4.07. The van der Waals surface area contributed by atoms with Crippen molar-refractivity contribution in [2.75, 3.05) is 0 Å². The first kappa shape index (κ1) is 29.2. The SMILES string of the molecule is C1CCC(NC2CCCCC2)CC1.CC(C)(C)OC(=O)C[C@@H](NC(=O)OC(C)(C)C)C(=O)O. The van der Waals surface area contributed by atoms with Crippen LogP contribution in [-0.2, 0) is 19.1 Å². The third kappa shape index (κ3) is 14.8. The number of carboxylic acids is 1. The Morgan fingerprint density at radius 3 is 1.58 bits per heavy atom. The summed E-state index contributed by atoms with van der Waals surface area (Å²) in [6, 6.07) is 0.355. The number of carbonyl (C=O) groups excluding carboxylic acids is 2. The number of carboxylic acid groups (broad SMARTS) is 1. The number of alkyl carbamates (subject to hydrolysis) is 1. The topological polar surface area (TPSA) is 114 Å². The van der Waals surface area contributed by atoms with Crippen LogP contribution in [0.3, 0.4) is 0 Å². The largest absolute Gasteiger partial charge is 0.480 e. The normalized spacial score (nSPS) is 19.0. The minimum Gasteiger partial charge on any atom is -0.480 e. The molecule has 1 atom stereocenters. The summed E-state index contributed by atoms with van der Waals surface area (Å²) in [7, 11) is 0. The van der Waals surface area contributed by atoms with E-state index >= 15 is 0 Å². The summed E-state index contributed by atoms with van der Waals surface area (Å²) >= 11 is 0. The molecule has 8 heteroatoms. The number of esters is 1. The molecule has 2 rings (SSSR count). The highest BCUT2D eigenvalue weighted by molar-refractivity contribution is 5.85. The molecule has 0 aromatic carbocycles. The van der Waals surface area contributed by atoms with Gasteiger partial charge in [0, 0.05) is 12.1 Å². The van der Waals surface area contributed by atoms with Crippen LogP contribution >= 0.6 is 0 Å². The molecule has 2 aliphatic carbocycles. The molecular formula is C25H46N2O6. The van der Waals surface area contributed by atoms with Crippen molar-refractivity contribution in [2.24, 2.45) is 0 Å². The van der Waals surface area contributed by atoms with Crippen LogP contribution in [0.5, 0.6) is 0 Å². The first-order valence-electron chi connectivity index (χ1n) is 12.5. The molecule has 0 heterocycles. The summed E-state index contributed by atoms with van der Waals surface area (Å²) in [5.41, 5.74) is -1.47. The van der Waals surface area contributed by atoms with Crippen LogP contribution in [-0.4, -0.2) is 52.5 Å². The van der Waals surface area contributed by atoms with Crippen molar-refractivity contribution >= 4 is 18.0 Å². The minimum absolute atomic E-state index is 0.466. The second-order valence-electron chi connectivity index (χ2n) is 11.2. The summed E-state index contributed by atoms with van der Waals surface area (Å²) in [4.78, 5) is 34.1. The lowest BCUT2D eigenvalue weighted by molar-refractivity contribution is -0.158. The molecule has 33 heavy (non-hydrogen) atoms. The van der Waals surface area contributed by atoms with Gasteiger partial charge in [0.05, 0.1) is 6.42 Å². The molecule has 3 N–H and O–H groups in total. The molecule has 2 aliphatic rings. The van der Waals surface area contributed by atoms with Gasteiger partial charge in [0.25, 0.3) is 0 Å². The van der Waals surface area contributed by atoms with Crippen molar-refractivity contribution in [1.82, 2.24) is 10.6 Å². The first-order valence-corrected chi connectivity index (χ1v) is 12.5. The molecule has 192 valence electrons. The van der Waals surface area contributed by atoms with E-state index in [0.29, 0.717) is 0 Å². The van der Waals surface area contributed by atoms with E-state index in [0.717, 1.165) is 12.1 Å². The maximum Gasteiger partial charge on any atom is 0.408 e. The second kappa shape index (κ2) is 13.8. The fourth-order valence-corrected chi connectivity index (χ4v) is 4.07.